The van der Waals surface area contributed by atoms with Crippen LogP contribution >= 0.6 is 11.3 Å². The molecule has 0 aliphatic heterocycles. The number of hydrogen-bond acceptors (Lipinski definition) is 5. The van der Waals surface area contributed by atoms with Crippen LogP contribution in [0.4, 0.5) is 5.00 Å². The SMILES string of the molecule is CCCc1nc(-c2ccc(OC)cc2OC)c(N)s1. The van der Waals surface area contributed by atoms with Gasteiger partial charge in [0.1, 0.15) is 22.2 Å². The van der Waals surface area contributed by atoms with Crippen molar-refractivity contribution in [2.45, 2.75) is 19.8 Å². The van der Waals surface area contributed by atoms with E-state index in [2.05, 4.69) is 11.9 Å². The highest BCUT2D eigenvalue weighted by Crippen LogP contribution is 2.38. The van der Waals surface area contributed by atoms with E-state index in [1.165, 1.54) is 0 Å². The zero-order valence-electron chi connectivity index (χ0n) is 11.4. The summed E-state index contributed by atoms with van der Waals surface area (Å²) in [4.78, 5) is 4.61. The van der Waals surface area contributed by atoms with Gasteiger partial charge in [0.25, 0.3) is 0 Å². The van der Waals surface area contributed by atoms with Gasteiger partial charge in [0.15, 0.2) is 0 Å². The van der Waals surface area contributed by atoms with Crippen LogP contribution in [0.1, 0.15) is 18.4 Å². The number of rotatable bonds is 5. The third-order valence-corrected chi connectivity index (χ3v) is 3.77. The predicted octanol–water partition coefficient (Wildman–Crippen LogP) is 3.36. The van der Waals surface area contributed by atoms with Gasteiger partial charge in [-0.2, -0.15) is 0 Å². The van der Waals surface area contributed by atoms with Crippen LogP contribution in [0.15, 0.2) is 18.2 Å². The second-order valence-corrected chi connectivity index (χ2v) is 5.25. The topological polar surface area (TPSA) is 57.4 Å². The van der Waals surface area contributed by atoms with E-state index in [0.29, 0.717) is 0 Å². The summed E-state index contributed by atoms with van der Waals surface area (Å²) in [6.07, 6.45) is 2.01. The highest BCUT2D eigenvalue weighted by molar-refractivity contribution is 7.16. The van der Waals surface area contributed by atoms with Gasteiger partial charge >= 0.3 is 0 Å². The number of aryl methyl sites for hydroxylation is 1. The highest BCUT2D eigenvalue weighted by atomic mass is 32.1. The predicted molar refractivity (Wildman–Crippen MR) is 79.1 cm³/mol. The number of thiazole rings is 1. The third-order valence-electron chi connectivity index (χ3n) is 2.83. The van der Waals surface area contributed by atoms with Gasteiger partial charge in [-0.3, -0.25) is 0 Å². The van der Waals surface area contributed by atoms with Crippen molar-refractivity contribution < 1.29 is 9.47 Å². The molecule has 0 radical (unpaired) electrons. The Balaban J connectivity index is 2.45. The molecule has 0 amide bonds. The highest BCUT2D eigenvalue weighted by Gasteiger charge is 2.15. The molecule has 2 aromatic rings. The minimum Gasteiger partial charge on any atom is -0.497 e. The molecule has 1 aromatic heterocycles. The quantitative estimate of drug-likeness (QED) is 0.911. The maximum absolute atomic E-state index is 6.07. The molecule has 0 bridgehead atoms. The van der Waals surface area contributed by atoms with E-state index >= 15 is 0 Å². The Kier molecular flexibility index (Phi) is 4.27. The Bertz CT molecular complexity index is 567. The molecule has 2 rings (SSSR count). The fraction of sp³-hybridized carbons (Fsp3) is 0.357. The molecule has 0 atom stereocenters. The molecule has 0 aliphatic carbocycles. The van der Waals surface area contributed by atoms with Gasteiger partial charge in [-0.15, -0.1) is 11.3 Å². The largest absolute Gasteiger partial charge is 0.497 e. The molecule has 1 heterocycles. The fourth-order valence-electron chi connectivity index (χ4n) is 1.89. The summed E-state index contributed by atoms with van der Waals surface area (Å²) in [5, 5.41) is 1.79. The molecule has 2 N–H and O–H groups in total. The van der Waals surface area contributed by atoms with Crippen LogP contribution in [0.25, 0.3) is 11.3 Å². The normalized spacial score (nSPS) is 10.5. The summed E-state index contributed by atoms with van der Waals surface area (Å²) in [6.45, 7) is 2.13. The molecule has 0 fully saturated rings. The number of hydrogen-bond donors (Lipinski definition) is 1. The van der Waals surface area contributed by atoms with Crippen LogP contribution in [-0.2, 0) is 6.42 Å². The number of benzene rings is 1. The van der Waals surface area contributed by atoms with Crippen molar-refractivity contribution in [1.82, 2.24) is 4.98 Å². The molecule has 5 heteroatoms. The lowest BCUT2D eigenvalue weighted by Gasteiger charge is -2.09. The van der Waals surface area contributed by atoms with E-state index in [9.17, 15) is 0 Å². The summed E-state index contributed by atoms with van der Waals surface area (Å²) in [7, 11) is 3.26. The number of aromatic nitrogens is 1. The van der Waals surface area contributed by atoms with Crippen LogP contribution in [0.3, 0.4) is 0 Å². The van der Waals surface area contributed by atoms with Gasteiger partial charge in [0, 0.05) is 11.6 Å². The van der Waals surface area contributed by atoms with Crippen LogP contribution in [-0.4, -0.2) is 19.2 Å². The van der Waals surface area contributed by atoms with Crippen molar-refractivity contribution in [3.8, 4) is 22.8 Å². The zero-order chi connectivity index (χ0) is 13.8. The van der Waals surface area contributed by atoms with E-state index in [1.54, 1.807) is 25.6 Å². The summed E-state index contributed by atoms with van der Waals surface area (Å²) in [5.41, 5.74) is 7.77. The Morgan fingerprint density at radius 2 is 2.05 bits per heavy atom. The molecule has 0 unspecified atom stereocenters. The summed E-state index contributed by atoms with van der Waals surface area (Å²) >= 11 is 1.54. The van der Waals surface area contributed by atoms with Gasteiger partial charge in [-0.1, -0.05) is 6.92 Å². The summed E-state index contributed by atoms with van der Waals surface area (Å²) in [6, 6.07) is 5.66. The first-order valence-electron chi connectivity index (χ1n) is 6.17. The van der Waals surface area contributed by atoms with Crippen molar-refractivity contribution in [2.75, 3.05) is 20.0 Å². The summed E-state index contributed by atoms with van der Waals surface area (Å²) in [5.74, 6) is 1.47. The number of nitrogen functional groups attached to an aromatic ring is 1. The first-order chi connectivity index (χ1) is 9.19. The Morgan fingerprint density at radius 1 is 1.26 bits per heavy atom. The van der Waals surface area contributed by atoms with Gasteiger partial charge < -0.3 is 15.2 Å². The lowest BCUT2D eigenvalue weighted by molar-refractivity contribution is 0.395. The Morgan fingerprint density at radius 3 is 2.68 bits per heavy atom. The number of methoxy groups -OCH3 is 2. The molecule has 0 aliphatic rings. The number of nitrogens with zero attached hydrogens (tertiary/aromatic N) is 1. The van der Waals surface area contributed by atoms with E-state index in [0.717, 1.165) is 45.6 Å². The number of nitrogens with two attached hydrogens (primary N) is 1. The van der Waals surface area contributed by atoms with E-state index in [4.69, 9.17) is 15.2 Å². The maximum Gasteiger partial charge on any atom is 0.132 e. The van der Waals surface area contributed by atoms with E-state index < -0.39 is 0 Å². The van der Waals surface area contributed by atoms with Crippen LogP contribution in [0.2, 0.25) is 0 Å². The first-order valence-corrected chi connectivity index (χ1v) is 6.98. The molecule has 1 aromatic carbocycles. The van der Waals surface area contributed by atoms with Crippen molar-refractivity contribution in [2.24, 2.45) is 0 Å². The monoisotopic (exact) mass is 278 g/mol. The van der Waals surface area contributed by atoms with E-state index in [1.807, 2.05) is 18.2 Å². The Labute approximate surface area is 117 Å². The second kappa shape index (κ2) is 5.93. The third kappa shape index (κ3) is 2.81. The molecule has 0 spiro atoms. The van der Waals surface area contributed by atoms with Gasteiger partial charge in [0.2, 0.25) is 0 Å². The van der Waals surface area contributed by atoms with Crippen LogP contribution < -0.4 is 15.2 Å². The lowest BCUT2D eigenvalue weighted by atomic mass is 10.1. The molecule has 19 heavy (non-hydrogen) atoms. The zero-order valence-corrected chi connectivity index (χ0v) is 12.2. The average molecular weight is 278 g/mol. The van der Waals surface area contributed by atoms with Gasteiger partial charge in [0.05, 0.1) is 19.2 Å². The molecular weight excluding hydrogens is 260 g/mol. The van der Waals surface area contributed by atoms with Crippen molar-refractivity contribution in [3.63, 3.8) is 0 Å². The second-order valence-electron chi connectivity index (χ2n) is 4.14. The average Bonchev–Trinajstić information content (AvgIpc) is 2.79. The van der Waals surface area contributed by atoms with Crippen LogP contribution in [0, 0.1) is 0 Å². The number of anilines is 1. The first kappa shape index (κ1) is 13.7. The maximum atomic E-state index is 6.07. The van der Waals surface area contributed by atoms with Crippen molar-refractivity contribution in [1.29, 1.82) is 0 Å². The molecule has 4 nitrogen and oxygen atoms in total. The summed E-state index contributed by atoms with van der Waals surface area (Å²) < 4.78 is 10.6. The fourth-order valence-corrected chi connectivity index (χ4v) is 2.84. The molecular formula is C14H18N2O2S. The van der Waals surface area contributed by atoms with Gasteiger partial charge in [-0.25, -0.2) is 4.98 Å². The van der Waals surface area contributed by atoms with Gasteiger partial charge in [-0.05, 0) is 25.0 Å². The Hall–Kier alpha value is -1.75. The number of ether oxygens (including phenoxy) is 2. The smallest absolute Gasteiger partial charge is 0.132 e. The lowest BCUT2D eigenvalue weighted by Crippen LogP contribution is -1.93. The minimum atomic E-state index is 0.722. The molecule has 0 saturated carbocycles. The van der Waals surface area contributed by atoms with Crippen LogP contribution in [0.5, 0.6) is 11.5 Å². The molecule has 0 saturated heterocycles. The minimum absolute atomic E-state index is 0.722. The van der Waals surface area contributed by atoms with Crippen molar-refractivity contribution in [3.05, 3.63) is 23.2 Å². The molecule has 102 valence electrons. The van der Waals surface area contributed by atoms with Crippen molar-refractivity contribution >= 4 is 16.3 Å². The standard InChI is InChI=1S/C14H18N2O2S/c1-4-5-12-16-13(14(15)19-12)10-7-6-9(17-2)8-11(10)18-3/h6-8H,4-5,15H2,1-3H3. The van der Waals surface area contributed by atoms with E-state index in [-0.39, 0.29) is 0 Å².